The van der Waals surface area contributed by atoms with E-state index in [1.807, 2.05) is 6.08 Å². The summed E-state index contributed by atoms with van der Waals surface area (Å²) in [4.78, 5) is 11.5. The van der Waals surface area contributed by atoms with Crippen LogP contribution in [0, 0.1) is 11.3 Å². The van der Waals surface area contributed by atoms with Gasteiger partial charge in [0, 0.05) is 5.92 Å². The lowest BCUT2D eigenvalue weighted by atomic mass is 9.81. The summed E-state index contributed by atoms with van der Waals surface area (Å²) in [6, 6.07) is 0. The molecule has 1 atom stereocenters. The molecule has 0 saturated heterocycles. The fourth-order valence-electron chi connectivity index (χ4n) is 1.58. The minimum Gasteiger partial charge on any atom is -0.497 e. The summed E-state index contributed by atoms with van der Waals surface area (Å²) in [5.74, 6) is 0.953. The Kier molecular flexibility index (Phi) is 3.14. The number of hydrogen-bond acceptors (Lipinski definition) is 2. The molecule has 78 valence electrons. The molecular formula is C12H18O2. The van der Waals surface area contributed by atoms with Crippen LogP contribution in [0.15, 0.2) is 24.0 Å². The lowest BCUT2D eigenvalue weighted by Gasteiger charge is -2.24. The number of carbonyl (C=O) groups excluding carboxylic acids is 1. The van der Waals surface area contributed by atoms with Crippen LogP contribution in [0.25, 0.3) is 0 Å². The summed E-state index contributed by atoms with van der Waals surface area (Å²) in [5, 5.41) is 0. The van der Waals surface area contributed by atoms with Gasteiger partial charge in [0.2, 0.25) is 0 Å². The third-order valence-corrected chi connectivity index (χ3v) is 2.21. The van der Waals surface area contributed by atoms with Crippen LogP contribution < -0.4 is 0 Å². The second-order valence-corrected chi connectivity index (χ2v) is 4.88. The van der Waals surface area contributed by atoms with E-state index in [-0.39, 0.29) is 17.1 Å². The van der Waals surface area contributed by atoms with E-state index in [1.54, 1.807) is 19.3 Å². The fraction of sp³-hybridized carbons (Fsp3) is 0.583. The number of methoxy groups -OCH3 is 1. The summed E-state index contributed by atoms with van der Waals surface area (Å²) in [7, 11) is 1.63. The average Bonchev–Trinajstić information content (AvgIpc) is 2.06. The predicted molar refractivity (Wildman–Crippen MR) is 56.8 cm³/mol. The van der Waals surface area contributed by atoms with E-state index < -0.39 is 0 Å². The van der Waals surface area contributed by atoms with E-state index >= 15 is 0 Å². The number of rotatable bonds is 2. The van der Waals surface area contributed by atoms with Gasteiger partial charge in [0.15, 0.2) is 5.78 Å². The summed E-state index contributed by atoms with van der Waals surface area (Å²) in [5.41, 5.74) is 0.168. The molecule has 1 aliphatic rings. The maximum absolute atomic E-state index is 11.5. The maximum atomic E-state index is 11.5. The van der Waals surface area contributed by atoms with Crippen molar-refractivity contribution in [3.05, 3.63) is 24.0 Å². The van der Waals surface area contributed by atoms with Gasteiger partial charge in [-0.25, -0.2) is 0 Å². The second-order valence-electron chi connectivity index (χ2n) is 4.88. The molecule has 0 saturated carbocycles. The van der Waals surface area contributed by atoms with E-state index in [4.69, 9.17) is 4.74 Å². The molecule has 0 bridgehead atoms. The van der Waals surface area contributed by atoms with Crippen LogP contribution >= 0.6 is 0 Å². The SMILES string of the molecule is COC1=CC(CC(C)(C)C)C(=O)C=C1. The van der Waals surface area contributed by atoms with Crippen molar-refractivity contribution in [2.24, 2.45) is 11.3 Å². The first kappa shape index (κ1) is 11.0. The number of allylic oxidation sites excluding steroid dienone is 3. The molecule has 0 amide bonds. The maximum Gasteiger partial charge on any atom is 0.162 e. The predicted octanol–water partition coefficient (Wildman–Crippen LogP) is 2.71. The van der Waals surface area contributed by atoms with Gasteiger partial charge in [0.25, 0.3) is 0 Å². The Labute approximate surface area is 85.6 Å². The van der Waals surface area contributed by atoms with Gasteiger partial charge in [-0.15, -0.1) is 0 Å². The van der Waals surface area contributed by atoms with Crippen LogP contribution in [-0.4, -0.2) is 12.9 Å². The van der Waals surface area contributed by atoms with E-state index in [0.717, 1.165) is 12.2 Å². The summed E-state index contributed by atoms with van der Waals surface area (Å²) in [6.45, 7) is 6.41. The molecule has 0 aromatic rings. The van der Waals surface area contributed by atoms with Gasteiger partial charge in [-0.1, -0.05) is 20.8 Å². The van der Waals surface area contributed by atoms with Crippen molar-refractivity contribution in [2.45, 2.75) is 27.2 Å². The molecule has 0 aromatic carbocycles. The van der Waals surface area contributed by atoms with Crippen LogP contribution in [0.5, 0.6) is 0 Å². The van der Waals surface area contributed by atoms with Gasteiger partial charge in [-0.3, -0.25) is 4.79 Å². The van der Waals surface area contributed by atoms with Crippen molar-refractivity contribution in [1.82, 2.24) is 0 Å². The normalized spacial score (nSPS) is 22.1. The zero-order valence-corrected chi connectivity index (χ0v) is 9.33. The molecule has 0 N–H and O–H groups in total. The molecule has 1 aliphatic carbocycles. The first-order valence-electron chi connectivity index (χ1n) is 4.90. The summed E-state index contributed by atoms with van der Waals surface area (Å²) >= 11 is 0. The Morgan fingerprint density at radius 3 is 2.50 bits per heavy atom. The Balaban J connectivity index is 2.73. The first-order chi connectivity index (χ1) is 6.42. The van der Waals surface area contributed by atoms with Gasteiger partial charge in [0.1, 0.15) is 5.76 Å². The topological polar surface area (TPSA) is 26.3 Å². The molecule has 0 spiro atoms. The monoisotopic (exact) mass is 194 g/mol. The van der Waals surface area contributed by atoms with Crippen LogP contribution in [-0.2, 0) is 9.53 Å². The molecule has 0 aliphatic heterocycles. The van der Waals surface area contributed by atoms with Gasteiger partial charge in [-0.2, -0.15) is 0 Å². The van der Waals surface area contributed by atoms with Gasteiger partial charge in [-0.05, 0) is 30.1 Å². The van der Waals surface area contributed by atoms with Crippen molar-refractivity contribution in [3.63, 3.8) is 0 Å². The molecule has 0 fully saturated rings. The van der Waals surface area contributed by atoms with E-state index in [1.165, 1.54) is 0 Å². The molecule has 2 heteroatoms. The minimum absolute atomic E-state index is 0.0186. The lowest BCUT2D eigenvalue weighted by molar-refractivity contribution is -0.117. The highest BCUT2D eigenvalue weighted by Gasteiger charge is 2.24. The molecule has 0 radical (unpaired) electrons. The Morgan fingerprint density at radius 2 is 2.00 bits per heavy atom. The van der Waals surface area contributed by atoms with E-state index in [9.17, 15) is 4.79 Å². The van der Waals surface area contributed by atoms with Gasteiger partial charge >= 0.3 is 0 Å². The lowest BCUT2D eigenvalue weighted by Crippen LogP contribution is -2.20. The zero-order valence-electron chi connectivity index (χ0n) is 9.33. The van der Waals surface area contributed by atoms with Crippen molar-refractivity contribution in [1.29, 1.82) is 0 Å². The molecule has 14 heavy (non-hydrogen) atoms. The molecule has 0 aromatic heterocycles. The van der Waals surface area contributed by atoms with E-state index in [2.05, 4.69) is 20.8 Å². The van der Waals surface area contributed by atoms with Crippen LogP contribution in [0.2, 0.25) is 0 Å². The number of carbonyl (C=O) groups is 1. The Morgan fingerprint density at radius 1 is 1.36 bits per heavy atom. The largest absolute Gasteiger partial charge is 0.497 e. The smallest absolute Gasteiger partial charge is 0.162 e. The molecule has 2 nitrogen and oxygen atoms in total. The van der Waals surface area contributed by atoms with Crippen molar-refractivity contribution in [2.75, 3.05) is 7.11 Å². The second kappa shape index (κ2) is 3.99. The number of ketones is 1. The Bertz CT molecular complexity index is 279. The van der Waals surface area contributed by atoms with Crippen LogP contribution in [0.4, 0.5) is 0 Å². The van der Waals surface area contributed by atoms with Gasteiger partial charge in [0.05, 0.1) is 7.11 Å². The number of hydrogen-bond donors (Lipinski definition) is 0. The summed E-state index contributed by atoms with van der Waals surface area (Å²) in [6.07, 6.45) is 6.10. The van der Waals surface area contributed by atoms with Crippen molar-refractivity contribution >= 4 is 5.78 Å². The quantitative estimate of drug-likeness (QED) is 0.675. The average molecular weight is 194 g/mol. The highest BCUT2D eigenvalue weighted by Crippen LogP contribution is 2.28. The highest BCUT2D eigenvalue weighted by atomic mass is 16.5. The van der Waals surface area contributed by atoms with E-state index in [0.29, 0.717) is 0 Å². The molecule has 1 rings (SSSR count). The van der Waals surface area contributed by atoms with Crippen molar-refractivity contribution in [3.8, 4) is 0 Å². The first-order valence-corrected chi connectivity index (χ1v) is 4.90. The minimum atomic E-state index is -0.0186. The summed E-state index contributed by atoms with van der Waals surface area (Å²) < 4.78 is 5.11. The zero-order chi connectivity index (χ0) is 10.8. The number of ether oxygens (including phenoxy) is 1. The fourth-order valence-corrected chi connectivity index (χ4v) is 1.58. The standard InChI is InChI=1S/C12H18O2/c1-12(2,3)8-9-7-10(14-4)5-6-11(9)13/h5-7,9H,8H2,1-4H3. The highest BCUT2D eigenvalue weighted by molar-refractivity contribution is 5.94. The molecule has 1 unspecified atom stereocenters. The third kappa shape index (κ3) is 3.02. The van der Waals surface area contributed by atoms with Crippen LogP contribution in [0.3, 0.4) is 0 Å². The third-order valence-electron chi connectivity index (χ3n) is 2.21. The Hall–Kier alpha value is -1.05. The van der Waals surface area contributed by atoms with Crippen molar-refractivity contribution < 1.29 is 9.53 Å². The molecular weight excluding hydrogens is 176 g/mol. The van der Waals surface area contributed by atoms with Crippen LogP contribution in [0.1, 0.15) is 27.2 Å². The van der Waals surface area contributed by atoms with Gasteiger partial charge < -0.3 is 4.74 Å². The molecule has 0 heterocycles.